The van der Waals surface area contributed by atoms with Crippen molar-refractivity contribution in [3.63, 3.8) is 0 Å². The Morgan fingerprint density at radius 2 is 2.14 bits per heavy atom. The lowest BCUT2D eigenvalue weighted by molar-refractivity contribution is -0.137. The molecule has 1 unspecified atom stereocenters. The van der Waals surface area contributed by atoms with Gasteiger partial charge in [0.1, 0.15) is 0 Å². The van der Waals surface area contributed by atoms with E-state index in [1.807, 2.05) is 6.92 Å². The van der Waals surface area contributed by atoms with Crippen molar-refractivity contribution in [2.45, 2.75) is 32.0 Å². The van der Waals surface area contributed by atoms with Gasteiger partial charge >= 0.3 is 12.1 Å². The Morgan fingerprint density at radius 1 is 1.43 bits per heavy atom. The van der Waals surface area contributed by atoms with Gasteiger partial charge in [-0.15, -0.1) is 0 Å². The van der Waals surface area contributed by atoms with E-state index in [-0.39, 0.29) is 17.3 Å². The van der Waals surface area contributed by atoms with Crippen LogP contribution in [0.3, 0.4) is 0 Å². The predicted molar refractivity (Wildman–Crippen MR) is 74.2 cm³/mol. The molecule has 1 heterocycles. The van der Waals surface area contributed by atoms with E-state index >= 15 is 0 Å². The van der Waals surface area contributed by atoms with Crippen LogP contribution in [0.5, 0.6) is 0 Å². The molecular formula is C15H16F3NO2. The zero-order chi connectivity index (χ0) is 15.6. The molecule has 1 N–H and O–H groups in total. The van der Waals surface area contributed by atoms with Crippen LogP contribution < -0.4 is 4.90 Å². The molecule has 1 fully saturated rings. The minimum Gasteiger partial charge on any atom is -0.478 e. The van der Waals surface area contributed by atoms with E-state index in [2.05, 4.69) is 0 Å². The molecule has 1 aliphatic rings. The van der Waals surface area contributed by atoms with Gasteiger partial charge in [0.15, 0.2) is 0 Å². The first-order valence-electron chi connectivity index (χ1n) is 6.68. The van der Waals surface area contributed by atoms with Gasteiger partial charge in [-0.2, -0.15) is 13.2 Å². The van der Waals surface area contributed by atoms with Gasteiger partial charge < -0.3 is 10.0 Å². The summed E-state index contributed by atoms with van der Waals surface area (Å²) in [5.41, 5.74) is -0.330. The third kappa shape index (κ3) is 3.56. The first-order chi connectivity index (χ1) is 9.79. The molecule has 0 aromatic heterocycles. The van der Waals surface area contributed by atoms with E-state index in [9.17, 15) is 18.0 Å². The van der Waals surface area contributed by atoms with Crippen molar-refractivity contribution in [3.05, 3.63) is 35.4 Å². The van der Waals surface area contributed by atoms with E-state index in [0.717, 1.165) is 31.1 Å². The van der Waals surface area contributed by atoms with Crippen LogP contribution in [0.2, 0.25) is 0 Å². The quantitative estimate of drug-likeness (QED) is 0.863. The van der Waals surface area contributed by atoms with Crippen LogP contribution in [0.1, 0.15) is 30.9 Å². The van der Waals surface area contributed by atoms with Crippen molar-refractivity contribution in [1.82, 2.24) is 0 Å². The molecule has 3 nitrogen and oxygen atoms in total. The number of alkyl halides is 3. The van der Waals surface area contributed by atoms with Crippen LogP contribution in [0, 0.1) is 0 Å². The number of hydrogen-bond donors (Lipinski definition) is 1. The first-order valence-corrected chi connectivity index (χ1v) is 6.68. The number of hydrogen-bond acceptors (Lipinski definition) is 2. The molecule has 1 atom stereocenters. The van der Waals surface area contributed by atoms with E-state index in [1.54, 1.807) is 4.90 Å². The summed E-state index contributed by atoms with van der Waals surface area (Å²) in [7, 11) is 0. The molecule has 0 bridgehead atoms. The molecule has 21 heavy (non-hydrogen) atoms. The van der Waals surface area contributed by atoms with Crippen LogP contribution in [0.25, 0.3) is 6.08 Å². The van der Waals surface area contributed by atoms with Gasteiger partial charge in [-0.1, -0.05) is 6.07 Å². The molecule has 1 aliphatic heterocycles. The molecule has 0 radical (unpaired) electrons. The molecular weight excluding hydrogens is 283 g/mol. The van der Waals surface area contributed by atoms with Crippen molar-refractivity contribution < 1.29 is 23.1 Å². The Kier molecular flexibility index (Phi) is 4.25. The van der Waals surface area contributed by atoms with E-state index in [1.165, 1.54) is 12.1 Å². The Labute approximate surface area is 120 Å². The Balaban J connectivity index is 2.43. The number of benzene rings is 1. The highest BCUT2D eigenvalue weighted by Crippen LogP contribution is 2.39. The summed E-state index contributed by atoms with van der Waals surface area (Å²) in [4.78, 5) is 12.2. The summed E-state index contributed by atoms with van der Waals surface area (Å²) < 4.78 is 39.7. The maximum atomic E-state index is 13.2. The van der Waals surface area contributed by atoms with Gasteiger partial charge in [-0.05, 0) is 43.5 Å². The third-order valence-corrected chi connectivity index (χ3v) is 3.61. The standard InChI is InChI=1S/C15H16F3NO2/c1-10-3-2-8-19(10)13-6-4-11(5-7-14(20)21)9-12(13)15(16,17)18/h4-7,9-10H,2-3,8H2,1H3,(H,20,21)/b7-5+. The van der Waals surface area contributed by atoms with Gasteiger partial charge in [0.05, 0.1) is 5.56 Å². The zero-order valence-corrected chi connectivity index (χ0v) is 11.5. The average molecular weight is 299 g/mol. The zero-order valence-electron chi connectivity index (χ0n) is 11.5. The number of carbonyl (C=O) groups is 1. The van der Waals surface area contributed by atoms with Gasteiger partial charge in [-0.3, -0.25) is 0 Å². The van der Waals surface area contributed by atoms with E-state index in [4.69, 9.17) is 5.11 Å². The van der Waals surface area contributed by atoms with Gasteiger partial charge in [0, 0.05) is 24.4 Å². The first kappa shape index (κ1) is 15.4. The number of rotatable bonds is 3. The number of anilines is 1. The number of nitrogens with zero attached hydrogens (tertiary/aromatic N) is 1. The van der Waals surface area contributed by atoms with Crippen molar-refractivity contribution in [2.75, 3.05) is 11.4 Å². The number of halogens is 3. The topological polar surface area (TPSA) is 40.5 Å². The van der Waals surface area contributed by atoms with Crippen molar-refractivity contribution >= 4 is 17.7 Å². The van der Waals surface area contributed by atoms with Crippen LogP contribution in [0.4, 0.5) is 18.9 Å². The molecule has 1 saturated heterocycles. The summed E-state index contributed by atoms with van der Waals surface area (Å²) >= 11 is 0. The number of aliphatic carboxylic acids is 1. The highest BCUT2D eigenvalue weighted by atomic mass is 19.4. The third-order valence-electron chi connectivity index (χ3n) is 3.61. The predicted octanol–water partition coefficient (Wildman–Crippen LogP) is 3.79. The summed E-state index contributed by atoms with van der Waals surface area (Å²) in [5, 5.41) is 8.55. The van der Waals surface area contributed by atoms with Crippen LogP contribution in [0.15, 0.2) is 24.3 Å². The average Bonchev–Trinajstić information content (AvgIpc) is 2.81. The van der Waals surface area contributed by atoms with E-state index in [0.29, 0.717) is 6.54 Å². The monoisotopic (exact) mass is 299 g/mol. The fourth-order valence-corrected chi connectivity index (χ4v) is 2.59. The lowest BCUT2D eigenvalue weighted by Crippen LogP contribution is -2.28. The molecule has 2 rings (SSSR count). The fourth-order valence-electron chi connectivity index (χ4n) is 2.59. The molecule has 114 valence electrons. The molecule has 1 aromatic rings. The summed E-state index contributed by atoms with van der Waals surface area (Å²) in [6, 6.07) is 4.01. The molecule has 1 aromatic carbocycles. The SMILES string of the molecule is CC1CCCN1c1ccc(/C=C/C(=O)O)cc1C(F)(F)F. The van der Waals surface area contributed by atoms with Gasteiger partial charge in [-0.25, -0.2) is 4.79 Å². The summed E-state index contributed by atoms with van der Waals surface area (Å²) in [6.45, 7) is 2.51. The second-order valence-electron chi connectivity index (χ2n) is 5.13. The summed E-state index contributed by atoms with van der Waals surface area (Å²) in [6.07, 6.45) is -0.732. The Hall–Kier alpha value is -1.98. The molecule has 0 saturated carbocycles. The Morgan fingerprint density at radius 3 is 2.67 bits per heavy atom. The highest BCUT2D eigenvalue weighted by Gasteiger charge is 2.36. The van der Waals surface area contributed by atoms with Gasteiger partial charge in [0.25, 0.3) is 0 Å². The second kappa shape index (κ2) is 5.79. The number of carboxylic acids is 1. The molecule has 0 spiro atoms. The minimum atomic E-state index is -4.47. The number of carboxylic acid groups (broad SMARTS) is 1. The normalized spacial score (nSPS) is 19.4. The van der Waals surface area contributed by atoms with Crippen LogP contribution in [-0.2, 0) is 11.0 Å². The lowest BCUT2D eigenvalue weighted by Gasteiger charge is -2.27. The molecule has 6 heteroatoms. The van der Waals surface area contributed by atoms with Crippen molar-refractivity contribution in [1.29, 1.82) is 0 Å². The molecule has 0 aliphatic carbocycles. The maximum absolute atomic E-state index is 13.2. The molecule has 0 amide bonds. The smallest absolute Gasteiger partial charge is 0.418 e. The van der Waals surface area contributed by atoms with E-state index < -0.39 is 17.7 Å². The lowest BCUT2D eigenvalue weighted by atomic mass is 10.1. The summed E-state index contributed by atoms with van der Waals surface area (Å²) in [5.74, 6) is -1.19. The minimum absolute atomic E-state index is 0.0755. The largest absolute Gasteiger partial charge is 0.478 e. The van der Waals surface area contributed by atoms with Crippen LogP contribution >= 0.6 is 0 Å². The Bertz CT molecular complexity index is 567. The maximum Gasteiger partial charge on any atom is 0.418 e. The fraction of sp³-hybridized carbons (Fsp3) is 0.400. The van der Waals surface area contributed by atoms with Crippen molar-refractivity contribution in [2.24, 2.45) is 0 Å². The van der Waals surface area contributed by atoms with Crippen molar-refractivity contribution in [3.8, 4) is 0 Å². The van der Waals surface area contributed by atoms with Crippen LogP contribution in [-0.4, -0.2) is 23.7 Å². The van der Waals surface area contributed by atoms with Gasteiger partial charge in [0.2, 0.25) is 0 Å². The highest BCUT2D eigenvalue weighted by molar-refractivity contribution is 5.85. The second-order valence-corrected chi connectivity index (χ2v) is 5.13.